The standard InChI is InChI=1S/C19H23N3O3S/c1-2-3-4-12-5-7-13(8-6-12)21-19(24)22-18-16(17(20)23)14-9-10-25-11-15(14)26-18/h5-8H,2-4,9-11H2,1H3,(H2,20,23)(H2,21,22,24). The highest BCUT2D eigenvalue weighted by Gasteiger charge is 2.25. The third kappa shape index (κ3) is 4.23. The lowest BCUT2D eigenvalue weighted by Crippen LogP contribution is -2.22. The number of primary amides is 1. The van der Waals surface area contributed by atoms with Crippen molar-refractivity contribution in [2.24, 2.45) is 5.73 Å². The van der Waals surface area contributed by atoms with Gasteiger partial charge < -0.3 is 15.8 Å². The summed E-state index contributed by atoms with van der Waals surface area (Å²) < 4.78 is 5.41. The van der Waals surface area contributed by atoms with Gasteiger partial charge in [-0.1, -0.05) is 25.5 Å². The molecule has 0 bridgehead atoms. The minimum atomic E-state index is -0.528. The van der Waals surface area contributed by atoms with Crippen molar-refractivity contribution in [2.45, 2.75) is 39.2 Å². The van der Waals surface area contributed by atoms with Gasteiger partial charge in [0.2, 0.25) is 0 Å². The Hall–Kier alpha value is -2.38. The highest BCUT2D eigenvalue weighted by atomic mass is 32.1. The van der Waals surface area contributed by atoms with Gasteiger partial charge in [-0.25, -0.2) is 4.79 Å². The van der Waals surface area contributed by atoms with E-state index in [1.807, 2.05) is 24.3 Å². The number of nitrogens with two attached hydrogens (primary N) is 1. The lowest BCUT2D eigenvalue weighted by molar-refractivity contribution is 0.0991. The van der Waals surface area contributed by atoms with Crippen LogP contribution in [0.4, 0.5) is 15.5 Å². The highest BCUT2D eigenvalue weighted by molar-refractivity contribution is 7.17. The summed E-state index contributed by atoms with van der Waals surface area (Å²) in [4.78, 5) is 25.1. The number of hydrogen-bond acceptors (Lipinski definition) is 4. The summed E-state index contributed by atoms with van der Waals surface area (Å²) in [6.45, 7) is 3.16. The fraction of sp³-hybridized carbons (Fsp3) is 0.368. The van der Waals surface area contributed by atoms with Crippen molar-refractivity contribution in [3.8, 4) is 0 Å². The number of aryl methyl sites for hydroxylation is 1. The molecule has 2 heterocycles. The van der Waals surface area contributed by atoms with E-state index in [-0.39, 0.29) is 0 Å². The van der Waals surface area contributed by atoms with E-state index in [9.17, 15) is 9.59 Å². The topological polar surface area (TPSA) is 93.5 Å². The quantitative estimate of drug-likeness (QED) is 0.717. The first-order valence-electron chi connectivity index (χ1n) is 8.77. The van der Waals surface area contributed by atoms with Gasteiger partial charge in [-0.2, -0.15) is 0 Å². The zero-order valence-electron chi connectivity index (χ0n) is 14.8. The average molecular weight is 373 g/mol. The fourth-order valence-electron chi connectivity index (χ4n) is 2.98. The molecule has 0 fully saturated rings. The normalized spacial score (nSPS) is 13.1. The molecule has 0 aliphatic carbocycles. The van der Waals surface area contributed by atoms with Crippen LogP contribution in [0.2, 0.25) is 0 Å². The molecule has 4 N–H and O–H groups in total. The van der Waals surface area contributed by atoms with Gasteiger partial charge >= 0.3 is 6.03 Å². The van der Waals surface area contributed by atoms with Crippen LogP contribution in [-0.2, 0) is 24.2 Å². The molecule has 1 aromatic heterocycles. The zero-order chi connectivity index (χ0) is 18.5. The molecule has 26 heavy (non-hydrogen) atoms. The summed E-state index contributed by atoms with van der Waals surface area (Å²) in [6, 6.07) is 7.40. The van der Waals surface area contributed by atoms with Gasteiger partial charge in [-0.3, -0.25) is 10.1 Å². The zero-order valence-corrected chi connectivity index (χ0v) is 15.6. The maximum atomic E-state index is 12.3. The fourth-order valence-corrected chi connectivity index (χ4v) is 4.17. The van der Waals surface area contributed by atoms with Gasteiger partial charge in [0.05, 0.1) is 18.8 Å². The number of fused-ring (bicyclic) bond motifs is 1. The van der Waals surface area contributed by atoms with Crippen LogP contribution in [0.3, 0.4) is 0 Å². The van der Waals surface area contributed by atoms with E-state index in [0.29, 0.717) is 35.9 Å². The highest BCUT2D eigenvalue weighted by Crippen LogP contribution is 2.36. The van der Waals surface area contributed by atoms with Gasteiger partial charge in [-0.05, 0) is 42.5 Å². The number of nitrogens with one attached hydrogen (secondary N) is 2. The SMILES string of the molecule is CCCCc1ccc(NC(=O)Nc2sc3c(c2C(N)=O)CCOC3)cc1. The predicted octanol–water partition coefficient (Wildman–Crippen LogP) is 3.91. The molecule has 0 unspecified atom stereocenters. The molecule has 0 atom stereocenters. The first kappa shape index (κ1) is 18.4. The summed E-state index contributed by atoms with van der Waals surface area (Å²) in [5.74, 6) is -0.528. The van der Waals surface area contributed by atoms with Crippen LogP contribution in [0.25, 0.3) is 0 Å². The monoisotopic (exact) mass is 373 g/mol. The van der Waals surface area contributed by atoms with Crippen molar-refractivity contribution < 1.29 is 14.3 Å². The van der Waals surface area contributed by atoms with Crippen LogP contribution in [0.1, 0.15) is 46.1 Å². The first-order valence-corrected chi connectivity index (χ1v) is 9.59. The van der Waals surface area contributed by atoms with Crippen LogP contribution >= 0.6 is 11.3 Å². The summed E-state index contributed by atoms with van der Waals surface area (Å²) in [6.07, 6.45) is 3.97. The molecule has 138 valence electrons. The van der Waals surface area contributed by atoms with Crippen molar-refractivity contribution in [2.75, 3.05) is 17.2 Å². The van der Waals surface area contributed by atoms with Crippen LogP contribution < -0.4 is 16.4 Å². The number of thiophene rings is 1. The molecule has 0 saturated carbocycles. The average Bonchev–Trinajstić information content (AvgIpc) is 2.98. The predicted molar refractivity (Wildman–Crippen MR) is 104 cm³/mol. The second-order valence-corrected chi connectivity index (χ2v) is 7.36. The van der Waals surface area contributed by atoms with Crippen molar-refractivity contribution in [1.29, 1.82) is 0 Å². The Bertz CT molecular complexity index is 799. The van der Waals surface area contributed by atoms with Gasteiger partial charge in [0.15, 0.2) is 0 Å². The third-order valence-corrected chi connectivity index (χ3v) is 5.45. The summed E-state index contributed by atoms with van der Waals surface area (Å²) in [5.41, 5.74) is 8.77. The van der Waals surface area contributed by atoms with E-state index in [1.165, 1.54) is 16.9 Å². The second kappa shape index (κ2) is 8.33. The number of anilines is 2. The molecule has 7 heteroatoms. The van der Waals surface area contributed by atoms with Crippen molar-refractivity contribution in [1.82, 2.24) is 0 Å². The van der Waals surface area contributed by atoms with Crippen molar-refractivity contribution in [3.63, 3.8) is 0 Å². The number of carbonyl (C=O) groups is 2. The maximum absolute atomic E-state index is 12.3. The molecule has 3 amide bonds. The molecule has 1 aromatic carbocycles. The largest absolute Gasteiger partial charge is 0.376 e. The van der Waals surface area contributed by atoms with Crippen molar-refractivity contribution >= 4 is 34.0 Å². The van der Waals surface area contributed by atoms with E-state index < -0.39 is 11.9 Å². The Kier molecular flexibility index (Phi) is 5.90. The minimum absolute atomic E-state index is 0.395. The Morgan fingerprint density at radius 1 is 1.23 bits per heavy atom. The molecular weight excluding hydrogens is 350 g/mol. The number of rotatable bonds is 6. The summed E-state index contributed by atoms with van der Waals surface area (Å²) in [5, 5.41) is 6.03. The van der Waals surface area contributed by atoms with E-state index in [0.717, 1.165) is 29.7 Å². The molecule has 6 nitrogen and oxygen atoms in total. The molecule has 0 saturated heterocycles. The third-order valence-electron chi connectivity index (χ3n) is 4.32. The smallest absolute Gasteiger partial charge is 0.324 e. The minimum Gasteiger partial charge on any atom is -0.376 e. The van der Waals surface area contributed by atoms with Crippen LogP contribution in [0.5, 0.6) is 0 Å². The Morgan fingerprint density at radius 2 is 2.00 bits per heavy atom. The second-order valence-electron chi connectivity index (χ2n) is 6.25. The summed E-state index contributed by atoms with van der Waals surface area (Å²) in [7, 11) is 0. The number of amides is 3. The molecule has 0 radical (unpaired) electrons. The van der Waals surface area contributed by atoms with Gasteiger partial charge in [-0.15, -0.1) is 11.3 Å². The van der Waals surface area contributed by atoms with Crippen molar-refractivity contribution in [3.05, 3.63) is 45.8 Å². The van der Waals surface area contributed by atoms with E-state index in [4.69, 9.17) is 10.5 Å². The van der Waals surface area contributed by atoms with Gasteiger partial charge in [0, 0.05) is 10.6 Å². The lowest BCUT2D eigenvalue weighted by Gasteiger charge is -2.12. The number of benzene rings is 1. The molecule has 1 aliphatic heterocycles. The van der Waals surface area contributed by atoms with E-state index >= 15 is 0 Å². The Balaban J connectivity index is 1.68. The van der Waals surface area contributed by atoms with Crippen LogP contribution in [-0.4, -0.2) is 18.5 Å². The Labute approximate surface area is 156 Å². The number of hydrogen-bond donors (Lipinski definition) is 3. The number of unbranched alkanes of at least 4 members (excludes halogenated alkanes) is 1. The first-order chi connectivity index (χ1) is 12.6. The molecule has 2 aromatic rings. The van der Waals surface area contributed by atoms with E-state index in [2.05, 4.69) is 17.6 Å². The summed E-state index contributed by atoms with van der Waals surface area (Å²) >= 11 is 1.34. The lowest BCUT2D eigenvalue weighted by atomic mass is 10.1. The number of urea groups is 1. The van der Waals surface area contributed by atoms with Gasteiger partial charge in [0.1, 0.15) is 5.00 Å². The number of ether oxygens (including phenoxy) is 1. The van der Waals surface area contributed by atoms with Crippen LogP contribution in [0, 0.1) is 0 Å². The molecular formula is C19H23N3O3S. The number of carbonyl (C=O) groups excluding carboxylic acids is 2. The molecule has 1 aliphatic rings. The Morgan fingerprint density at radius 3 is 2.69 bits per heavy atom. The van der Waals surface area contributed by atoms with Gasteiger partial charge in [0.25, 0.3) is 5.91 Å². The van der Waals surface area contributed by atoms with E-state index in [1.54, 1.807) is 0 Å². The molecule has 0 spiro atoms. The van der Waals surface area contributed by atoms with Crippen LogP contribution in [0.15, 0.2) is 24.3 Å². The molecule has 3 rings (SSSR count). The maximum Gasteiger partial charge on any atom is 0.324 e.